The topological polar surface area (TPSA) is 59.3 Å². The second-order valence-corrected chi connectivity index (χ2v) is 5.63. The summed E-state index contributed by atoms with van der Waals surface area (Å²) in [4.78, 5) is 23.8. The first kappa shape index (κ1) is 17.0. The number of benzene rings is 2. The van der Waals surface area contributed by atoms with Gasteiger partial charge in [0.05, 0.1) is 11.1 Å². The molecular weight excluding hydrogens is 359 g/mol. The Morgan fingerprint density at radius 3 is 2.44 bits per heavy atom. The SMILES string of the molecule is O=Cc1c(-c2cc(Cl)ccc2O)c2ccccc2n(C(F)(F)F)c1=O. The van der Waals surface area contributed by atoms with Crippen molar-refractivity contribution in [2.24, 2.45) is 0 Å². The lowest BCUT2D eigenvalue weighted by atomic mass is 9.95. The molecule has 0 aliphatic carbocycles. The molecule has 0 spiro atoms. The van der Waals surface area contributed by atoms with Crippen molar-refractivity contribution in [1.29, 1.82) is 0 Å². The maximum Gasteiger partial charge on any atom is 0.491 e. The zero-order chi connectivity index (χ0) is 18.4. The van der Waals surface area contributed by atoms with E-state index in [1.807, 2.05) is 0 Å². The first-order valence-corrected chi connectivity index (χ1v) is 7.32. The fraction of sp³-hybridized carbons (Fsp3) is 0.0588. The van der Waals surface area contributed by atoms with E-state index >= 15 is 0 Å². The van der Waals surface area contributed by atoms with Crippen molar-refractivity contribution in [3.8, 4) is 16.9 Å². The maximum atomic E-state index is 13.3. The standard InChI is InChI=1S/C17H9ClF3NO3/c18-9-5-6-14(24)11(7-9)15-10-3-1-2-4-13(10)22(17(19,20)21)16(25)12(15)8-23/h1-8,24H. The molecule has 0 saturated carbocycles. The quantitative estimate of drug-likeness (QED) is 0.686. The normalized spacial score (nSPS) is 11.7. The number of halogens is 4. The van der Waals surface area contributed by atoms with Gasteiger partial charge in [-0.25, -0.2) is 4.57 Å². The summed E-state index contributed by atoms with van der Waals surface area (Å²) in [7, 11) is 0. The Morgan fingerprint density at radius 2 is 1.80 bits per heavy atom. The molecule has 0 atom stereocenters. The highest BCUT2D eigenvalue weighted by Crippen LogP contribution is 2.38. The fourth-order valence-electron chi connectivity index (χ4n) is 2.72. The van der Waals surface area contributed by atoms with Crippen LogP contribution in [0.1, 0.15) is 10.4 Å². The monoisotopic (exact) mass is 367 g/mol. The number of aromatic hydroxyl groups is 1. The molecule has 128 valence electrons. The molecule has 0 saturated heterocycles. The summed E-state index contributed by atoms with van der Waals surface area (Å²) in [6.07, 6.45) is -4.96. The molecule has 4 nitrogen and oxygen atoms in total. The molecule has 0 radical (unpaired) electrons. The molecule has 0 amide bonds. The second-order valence-electron chi connectivity index (χ2n) is 5.19. The molecule has 0 aliphatic rings. The summed E-state index contributed by atoms with van der Waals surface area (Å²) in [6.45, 7) is 0. The highest BCUT2D eigenvalue weighted by Gasteiger charge is 2.36. The Morgan fingerprint density at radius 1 is 1.12 bits per heavy atom. The number of carbonyl (C=O) groups excluding carboxylic acids is 1. The number of phenols is 1. The average Bonchev–Trinajstić information content (AvgIpc) is 2.54. The van der Waals surface area contributed by atoms with Gasteiger partial charge in [-0.2, -0.15) is 0 Å². The molecule has 1 N–H and O–H groups in total. The number of aldehydes is 1. The van der Waals surface area contributed by atoms with Crippen LogP contribution >= 0.6 is 11.6 Å². The molecule has 0 bridgehead atoms. The van der Waals surface area contributed by atoms with Crippen molar-refractivity contribution < 1.29 is 23.1 Å². The largest absolute Gasteiger partial charge is 0.507 e. The van der Waals surface area contributed by atoms with Crippen molar-refractivity contribution in [2.45, 2.75) is 6.30 Å². The van der Waals surface area contributed by atoms with Gasteiger partial charge in [-0.1, -0.05) is 29.8 Å². The van der Waals surface area contributed by atoms with Crippen molar-refractivity contribution >= 4 is 28.8 Å². The third-order valence-electron chi connectivity index (χ3n) is 3.72. The Balaban J connectivity index is 2.60. The van der Waals surface area contributed by atoms with Crippen LogP contribution in [0, 0.1) is 0 Å². The average molecular weight is 368 g/mol. The molecule has 0 aliphatic heterocycles. The summed E-state index contributed by atoms with van der Waals surface area (Å²) < 4.78 is 39.7. The van der Waals surface area contributed by atoms with Gasteiger partial charge in [-0.15, -0.1) is 13.2 Å². The van der Waals surface area contributed by atoms with E-state index in [0.717, 1.165) is 6.07 Å². The van der Waals surface area contributed by atoms with Crippen LogP contribution in [-0.4, -0.2) is 16.0 Å². The van der Waals surface area contributed by atoms with Crippen LogP contribution in [0.4, 0.5) is 13.2 Å². The van der Waals surface area contributed by atoms with Gasteiger partial charge in [0.2, 0.25) is 0 Å². The lowest BCUT2D eigenvalue weighted by molar-refractivity contribution is -0.203. The van der Waals surface area contributed by atoms with Crippen LogP contribution < -0.4 is 5.56 Å². The number of phenolic OH excluding ortho intramolecular Hbond substituents is 1. The molecule has 1 aromatic heterocycles. The Hall–Kier alpha value is -2.80. The third-order valence-corrected chi connectivity index (χ3v) is 3.95. The molecule has 8 heteroatoms. The number of aromatic nitrogens is 1. The molecule has 3 rings (SSSR count). The van der Waals surface area contributed by atoms with E-state index in [2.05, 4.69) is 0 Å². The minimum atomic E-state index is -5.01. The number of fused-ring (bicyclic) bond motifs is 1. The van der Waals surface area contributed by atoms with E-state index in [-0.39, 0.29) is 33.6 Å². The van der Waals surface area contributed by atoms with Gasteiger partial charge in [0.1, 0.15) is 5.75 Å². The summed E-state index contributed by atoms with van der Waals surface area (Å²) in [5, 5.41) is 10.3. The van der Waals surface area contributed by atoms with Crippen molar-refractivity contribution in [3.05, 3.63) is 63.4 Å². The van der Waals surface area contributed by atoms with Gasteiger partial charge in [-0.3, -0.25) is 9.59 Å². The van der Waals surface area contributed by atoms with Gasteiger partial charge >= 0.3 is 6.30 Å². The minimum absolute atomic E-state index is 0.00257. The van der Waals surface area contributed by atoms with Crippen LogP contribution in [0.5, 0.6) is 5.75 Å². The van der Waals surface area contributed by atoms with Crippen LogP contribution in [0.2, 0.25) is 5.02 Å². The zero-order valence-electron chi connectivity index (χ0n) is 12.3. The molecular formula is C17H9ClF3NO3. The maximum absolute atomic E-state index is 13.3. The van der Waals surface area contributed by atoms with Crippen LogP contribution in [0.25, 0.3) is 22.0 Å². The lowest BCUT2D eigenvalue weighted by Crippen LogP contribution is -2.33. The molecule has 25 heavy (non-hydrogen) atoms. The number of alkyl halides is 3. The van der Waals surface area contributed by atoms with E-state index in [0.29, 0.717) is 0 Å². The molecule has 2 aromatic carbocycles. The van der Waals surface area contributed by atoms with E-state index in [4.69, 9.17) is 11.6 Å². The van der Waals surface area contributed by atoms with Crippen LogP contribution in [0.15, 0.2) is 47.3 Å². The minimum Gasteiger partial charge on any atom is -0.507 e. The summed E-state index contributed by atoms with van der Waals surface area (Å²) >= 11 is 5.89. The summed E-state index contributed by atoms with van der Waals surface area (Å²) in [5.74, 6) is -0.318. The lowest BCUT2D eigenvalue weighted by Gasteiger charge is -2.18. The van der Waals surface area contributed by atoms with Gasteiger partial charge in [0.25, 0.3) is 5.56 Å². The summed E-state index contributed by atoms with van der Waals surface area (Å²) in [6, 6.07) is 9.14. The zero-order valence-corrected chi connectivity index (χ0v) is 13.1. The predicted octanol–water partition coefficient (Wildman–Crippen LogP) is 4.32. The number of hydrogen-bond acceptors (Lipinski definition) is 3. The highest BCUT2D eigenvalue weighted by atomic mass is 35.5. The smallest absolute Gasteiger partial charge is 0.491 e. The van der Waals surface area contributed by atoms with Crippen LogP contribution in [0.3, 0.4) is 0 Å². The van der Waals surface area contributed by atoms with E-state index in [9.17, 15) is 27.9 Å². The highest BCUT2D eigenvalue weighted by molar-refractivity contribution is 6.31. The first-order chi connectivity index (χ1) is 11.8. The van der Waals surface area contributed by atoms with Gasteiger partial charge in [0.15, 0.2) is 6.29 Å². The second kappa shape index (κ2) is 5.93. The number of nitrogens with zero attached hydrogens (tertiary/aromatic N) is 1. The molecule has 0 fully saturated rings. The number of hydrogen-bond donors (Lipinski definition) is 1. The van der Waals surface area contributed by atoms with Crippen molar-refractivity contribution in [1.82, 2.24) is 4.57 Å². The number of rotatable bonds is 2. The number of pyridine rings is 1. The fourth-order valence-corrected chi connectivity index (χ4v) is 2.89. The molecule has 3 aromatic rings. The predicted molar refractivity (Wildman–Crippen MR) is 87.0 cm³/mol. The molecule has 1 heterocycles. The number of carbonyl (C=O) groups is 1. The molecule has 0 unspecified atom stereocenters. The van der Waals surface area contributed by atoms with E-state index < -0.39 is 27.5 Å². The van der Waals surface area contributed by atoms with Crippen molar-refractivity contribution in [3.63, 3.8) is 0 Å². The van der Waals surface area contributed by atoms with E-state index in [1.165, 1.54) is 36.4 Å². The number of para-hydroxylation sites is 1. The van der Waals surface area contributed by atoms with Crippen molar-refractivity contribution in [2.75, 3.05) is 0 Å². The van der Waals surface area contributed by atoms with Gasteiger partial charge in [-0.05, 0) is 24.3 Å². The van der Waals surface area contributed by atoms with Crippen LogP contribution in [-0.2, 0) is 6.30 Å². The van der Waals surface area contributed by atoms with Gasteiger partial charge in [0, 0.05) is 21.5 Å². The Labute approximate surface area is 143 Å². The Bertz CT molecular complexity index is 1060. The van der Waals surface area contributed by atoms with Gasteiger partial charge < -0.3 is 5.11 Å². The third kappa shape index (κ3) is 2.76. The first-order valence-electron chi connectivity index (χ1n) is 6.94. The summed E-state index contributed by atoms with van der Waals surface area (Å²) in [5.41, 5.74) is -2.77. The Kier molecular flexibility index (Phi) is 4.04. The van der Waals surface area contributed by atoms with E-state index in [1.54, 1.807) is 0 Å².